The quantitative estimate of drug-likeness (QED) is 0.0149. The Bertz CT molecular complexity index is 3540. The van der Waals surface area contributed by atoms with E-state index in [9.17, 15) is 28.8 Å². The highest BCUT2D eigenvalue weighted by atomic mass is 32.2. The zero-order chi connectivity index (χ0) is 82.6. The molecular formula is C80H84O18S16. The summed E-state index contributed by atoms with van der Waals surface area (Å²) in [4.78, 5) is 131. The molecule has 34 heteroatoms. The van der Waals surface area contributed by atoms with Crippen LogP contribution in [0.2, 0.25) is 0 Å². The summed E-state index contributed by atoms with van der Waals surface area (Å²) in [6.07, 6.45) is -3.69. The fraction of sp³-hybridized carbons (Fsp3) is 0.338. The summed E-state index contributed by atoms with van der Waals surface area (Å²) in [5.74, 6) is -22.3. The summed E-state index contributed by atoms with van der Waals surface area (Å²) >= 11 is 37.6. The fourth-order valence-corrected chi connectivity index (χ4v) is 20.8. The Hall–Kier alpha value is -5.41. The maximum absolute atomic E-state index is 15.5. The topological polar surface area (TPSA) is 237 Å². The van der Waals surface area contributed by atoms with E-state index in [1.54, 1.807) is 0 Å². The molecular weight excluding hydrogens is 1760 g/mol. The van der Waals surface area contributed by atoms with Crippen LogP contribution in [0.25, 0.3) is 0 Å². The van der Waals surface area contributed by atoms with Crippen LogP contribution in [0.4, 0.5) is 0 Å². The third-order valence-electron chi connectivity index (χ3n) is 14.7. The first-order valence-electron chi connectivity index (χ1n) is 35.0. The van der Waals surface area contributed by atoms with Crippen molar-refractivity contribution in [3.63, 3.8) is 0 Å². The molecule has 0 saturated heterocycles. The molecule has 6 aromatic carbocycles. The Morgan fingerprint density at radius 2 is 0.447 bits per heavy atom. The van der Waals surface area contributed by atoms with Crippen LogP contribution in [0.1, 0.15) is 106 Å². The number of thioether (sulfide) groups is 12. The van der Waals surface area contributed by atoms with Gasteiger partial charge in [-0.05, 0) is 33.4 Å². The molecule has 0 N–H and O–H groups in total. The lowest BCUT2D eigenvalue weighted by atomic mass is 10.2. The molecule has 0 spiro atoms. The molecule has 114 heavy (non-hydrogen) atoms. The zero-order valence-electron chi connectivity index (χ0n) is 62.6. The Morgan fingerprint density at radius 1 is 0.272 bits per heavy atom. The van der Waals surface area contributed by atoms with Crippen LogP contribution in [-0.2, 0) is 120 Å². The number of esters is 9. The van der Waals surface area contributed by atoms with E-state index in [0.29, 0.717) is 57.1 Å². The van der Waals surface area contributed by atoms with Gasteiger partial charge in [0.2, 0.25) is 0 Å². The van der Waals surface area contributed by atoms with Crippen molar-refractivity contribution in [2.75, 3.05) is 34.5 Å². The monoisotopic (exact) mass is 1840 g/mol. The van der Waals surface area contributed by atoms with Gasteiger partial charge in [-0.25, -0.2) is 14.4 Å². The number of carbonyl (C=O) groups is 9. The first kappa shape index (κ1) is 97.4. The maximum atomic E-state index is 15.5. The highest BCUT2D eigenvalue weighted by molar-refractivity contribution is 8.48. The van der Waals surface area contributed by atoms with E-state index < -0.39 is 122 Å². The molecule has 18 nitrogen and oxygen atoms in total. The zero-order valence-corrected chi connectivity index (χ0v) is 75.6. The second-order valence-electron chi connectivity index (χ2n) is 23.9. The largest absolute Gasteiger partial charge is 0.423 e. The van der Waals surface area contributed by atoms with Crippen LogP contribution >= 0.6 is 190 Å². The van der Waals surface area contributed by atoms with E-state index in [1.807, 2.05) is 182 Å². The van der Waals surface area contributed by atoms with Gasteiger partial charge in [-0.15, -0.1) is 141 Å². The lowest BCUT2D eigenvalue weighted by Crippen LogP contribution is -2.57. The Morgan fingerprint density at radius 3 is 0.632 bits per heavy atom. The molecule has 6 rings (SSSR count). The van der Waals surface area contributed by atoms with E-state index in [1.165, 1.54) is 94.1 Å². The third-order valence-corrected chi connectivity index (χ3v) is 30.2. The van der Waals surface area contributed by atoms with Gasteiger partial charge in [-0.3, -0.25) is 28.8 Å². The van der Waals surface area contributed by atoms with Gasteiger partial charge in [0.25, 0.3) is 0 Å². The van der Waals surface area contributed by atoms with E-state index in [0.717, 1.165) is 108 Å². The second-order valence-corrected chi connectivity index (χ2v) is 42.0. The molecule has 0 aliphatic heterocycles. The van der Waals surface area contributed by atoms with Crippen LogP contribution < -0.4 is 0 Å². The van der Waals surface area contributed by atoms with Gasteiger partial charge in [-0.2, -0.15) is 0 Å². The number of rotatable bonds is 47. The molecule has 2 unspecified atom stereocenters. The highest BCUT2D eigenvalue weighted by Crippen LogP contribution is 2.37. The normalized spacial score (nSPS) is 12.6. The number of thiocarbonyl (C=S) groups is 4. The van der Waals surface area contributed by atoms with Gasteiger partial charge < -0.3 is 42.6 Å². The molecule has 0 amide bonds. The average Bonchev–Trinajstić information content (AvgIpc) is 0.779. The number of hydrogen-bond donors (Lipinski definition) is 0. The predicted molar refractivity (Wildman–Crippen MR) is 491 cm³/mol. The molecule has 0 radical (unpaired) electrons. The van der Waals surface area contributed by atoms with Crippen molar-refractivity contribution in [2.45, 2.75) is 130 Å². The molecule has 0 aliphatic carbocycles. The number of benzene rings is 6. The van der Waals surface area contributed by atoms with Gasteiger partial charge in [0.05, 0.1) is 44.9 Å². The van der Waals surface area contributed by atoms with Crippen molar-refractivity contribution in [2.24, 2.45) is 0 Å². The molecule has 0 aromatic heterocycles. The molecule has 0 saturated carbocycles. The summed E-state index contributed by atoms with van der Waals surface area (Å²) in [5, 5.41) is 0. The average molecular weight is 1850 g/mol. The molecule has 0 fully saturated rings. The Balaban J connectivity index is 1.35. The van der Waals surface area contributed by atoms with Gasteiger partial charge in [0.1, 0.15) is 14.1 Å². The van der Waals surface area contributed by atoms with E-state index in [4.69, 9.17) is 91.5 Å². The van der Waals surface area contributed by atoms with E-state index in [2.05, 4.69) is 13.2 Å². The fourth-order valence-electron chi connectivity index (χ4n) is 8.86. The lowest BCUT2D eigenvalue weighted by molar-refractivity contribution is -0.360. The molecule has 608 valence electrons. The van der Waals surface area contributed by atoms with Crippen LogP contribution in [0.15, 0.2) is 204 Å². The number of ether oxygens (including phenoxy) is 9. The molecule has 0 heterocycles. The standard InChI is InChI=1S/C80H84O18S16/c1-7-80(96-70(87)77(4,90-64(81)38-44-103-56(2)109-50-58-26-14-8-15-27-58)92-66(83)40-46-105-73(99)111-52-60-30-18-10-19-31-60,97-71(88)78(5,91-65(82)39-45-104-57(3)110-51-59-28-16-9-17-29-59)93-67(84)41-47-106-74(100)112-53-61-32-20-11-21-33-61)98-72(89)79(6,94-68(85)42-48-107-75(101)113-54-62-34-22-12-23-35-62)95-69(86)43-49-108-76(102)114-55-63-36-24-13-25-37-63/h8-37H,2-3,7,38-55H2,1,4-6H3. The first-order chi connectivity index (χ1) is 54.6. The number of carbonyl (C=O) groups excluding carboxylic acids is 9. The van der Waals surface area contributed by atoms with Gasteiger partial charge in [0, 0.05) is 98.3 Å². The van der Waals surface area contributed by atoms with Gasteiger partial charge in [-0.1, -0.05) is 251 Å². The number of hydrogen-bond acceptors (Lipinski definition) is 34. The smallest absolute Gasteiger partial charge is 0.412 e. The predicted octanol–water partition coefficient (Wildman–Crippen LogP) is 20.5. The minimum atomic E-state index is -3.59. The molecule has 0 bridgehead atoms. The minimum Gasteiger partial charge on any atom is -0.412 e. The van der Waals surface area contributed by atoms with Crippen LogP contribution in [-0.4, -0.2) is 126 Å². The van der Waals surface area contributed by atoms with Crippen molar-refractivity contribution in [1.82, 2.24) is 0 Å². The summed E-state index contributed by atoms with van der Waals surface area (Å²) in [5.41, 5.74) is 6.02. The third kappa shape index (κ3) is 39.0. The van der Waals surface area contributed by atoms with Crippen molar-refractivity contribution < 1.29 is 85.8 Å². The van der Waals surface area contributed by atoms with Gasteiger partial charge in [0.15, 0.2) is 0 Å². The van der Waals surface area contributed by atoms with Crippen LogP contribution in [0, 0.1) is 0 Å². The van der Waals surface area contributed by atoms with Crippen LogP contribution in [0.5, 0.6) is 0 Å². The summed E-state index contributed by atoms with van der Waals surface area (Å²) in [7, 11) is 0. The van der Waals surface area contributed by atoms with Gasteiger partial charge >= 0.3 is 77.1 Å². The SMILES string of the molecule is C=C(SCCC(=O)OC(C)(OC(=O)CCSC(=S)SCc1ccccc1)C(=O)OC(CC)(OC(=O)C(C)(OC(=O)CCSC(=C)SCc1ccccc1)OC(=O)CCSC(=S)SCc1ccccc1)OC(=O)C(C)(OC(=O)CCSC(=S)SCc1ccccc1)OC(=O)CCSC(=S)SCc1ccccc1)SCc1ccccc1. The second kappa shape index (κ2) is 53.2. The van der Waals surface area contributed by atoms with E-state index >= 15 is 14.4 Å². The first-order valence-corrected chi connectivity index (χ1v) is 48.4. The Kier molecular flexibility index (Phi) is 45.5. The summed E-state index contributed by atoms with van der Waals surface area (Å²) in [6, 6.07) is 57.2. The van der Waals surface area contributed by atoms with Crippen molar-refractivity contribution in [3.8, 4) is 0 Å². The lowest BCUT2D eigenvalue weighted by Gasteiger charge is -2.37. The summed E-state index contributed by atoms with van der Waals surface area (Å²) in [6.45, 7) is 11.9. The molecule has 0 aliphatic rings. The summed E-state index contributed by atoms with van der Waals surface area (Å²) < 4.78 is 55.5. The Labute approximate surface area is 738 Å². The van der Waals surface area contributed by atoms with E-state index in [-0.39, 0.29) is 34.5 Å². The van der Waals surface area contributed by atoms with Crippen molar-refractivity contribution in [3.05, 3.63) is 237 Å². The molecule has 2 atom stereocenters. The maximum Gasteiger partial charge on any atom is 0.423 e. The van der Waals surface area contributed by atoms with Crippen molar-refractivity contribution in [1.29, 1.82) is 0 Å². The van der Waals surface area contributed by atoms with Crippen molar-refractivity contribution >= 4 is 258 Å². The highest BCUT2D eigenvalue weighted by Gasteiger charge is 2.58. The van der Waals surface area contributed by atoms with Crippen LogP contribution in [0.3, 0.4) is 0 Å². The minimum absolute atomic E-state index is 0.00543. The molecule has 6 aromatic rings.